The van der Waals surface area contributed by atoms with Crippen molar-refractivity contribution in [3.63, 3.8) is 0 Å². The highest BCUT2D eigenvalue weighted by Gasteiger charge is 2.11. The van der Waals surface area contributed by atoms with Crippen LogP contribution >= 0.6 is 0 Å². The second-order valence-electron chi connectivity index (χ2n) is 2.21. The standard InChI is InChI=1S/C9H12F2O/c1-5-6(2)8(10)9(11)7(3)12-4/h2-3,5H2,1,4H3/b9-8-. The van der Waals surface area contributed by atoms with Gasteiger partial charge in [-0.25, -0.2) is 4.39 Å². The first-order chi connectivity index (χ1) is 5.54. The molecule has 0 aliphatic rings. The Morgan fingerprint density at radius 3 is 2.08 bits per heavy atom. The van der Waals surface area contributed by atoms with E-state index in [0.717, 1.165) is 0 Å². The van der Waals surface area contributed by atoms with Crippen molar-refractivity contribution < 1.29 is 13.5 Å². The first-order valence-electron chi connectivity index (χ1n) is 3.51. The summed E-state index contributed by atoms with van der Waals surface area (Å²) in [6, 6.07) is 0. The van der Waals surface area contributed by atoms with Crippen LogP contribution in [0.4, 0.5) is 8.78 Å². The van der Waals surface area contributed by atoms with E-state index >= 15 is 0 Å². The van der Waals surface area contributed by atoms with Gasteiger partial charge in [0.15, 0.2) is 11.7 Å². The fraction of sp³-hybridized carbons (Fsp3) is 0.333. The van der Waals surface area contributed by atoms with Gasteiger partial charge in [0, 0.05) is 0 Å². The summed E-state index contributed by atoms with van der Waals surface area (Å²) < 4.78 is 30.2. The normalized spacial score (nSPS) is 12.0. The van der Waals surface area contributed by atoms with Crippen LogP contribution in [0.3, 0.4) is 0 Å². The van der Waals surface area contributed by atoms with Crippen LogP contribution in [0.15, 0.2) is 36.1 Å². The van der Waals surface area contributed by atoms with E-state index in [1.54, 1.807) is 6.92 Å². The number of allylic oxidation sites excluding steroid dienone is 3. The molecule has 12 heavy (non-hydrogen) atoms. The predicted octanol–water partition coefficient (Wildman–Crippen LogP) is 3.26. The fourth-order valence-corrected chi connectivity index (χ4v) is 0.522. The van der Waals surface area contributed by atoms with Crippen LogP contribution < -0.4 is 0 Å². The van der Waals surface area contributed by atoms with Crippen LogP contribution in [-0.2, 0) is 4.74 Å². The van der Waals surface area contributed by atoms with Crippen LogP contribution in [0.5, 0.6) is 0 Å². The molecular formula is C9H12F2O. The van der Waals surface area contributed by atoms with Crippen molar-refractivity contribution in [3.05, 3.63) is 36.1 Å². The highest BCUT2D eigenvalue weighted by atomic mass is 19.2. The summed E-state index contributed by atoms with van der Waals surface area (Å²) >= 11 is 0. The lowest BCUT2D eigenvalue weighted by molar-refractivity contribution is 0.280. The van der Waals surface area contributed by atoms with Crippen molar-refractivity contribution >= 4 is 0 Å². The number of hydrogen-bond acceptors (Lipinski definition) is 1. The zero-order chi connectivity index (χ0) is 9.72. The van der Waals surface area contributed by atoms with Crippen molar-refractivity contribution in [1.29, 1.82) is 0 Å². The Labute approximate surface area is 71.0 Å². The Morgan fingerprint density at radius 2 is 1.75 bits per heavy atom. The highest BCUT2D eigenvalue weighted by molar-refractivity contribution is 5.31. The Kier molecular flexibility index (Phi) is 4.26. The zero-order valence-electron chi connectivity index (χ0n) is 7.29. The molecule has 0 radical (unpaired) electrons. The van der Waals surface area contributed by atoms with Gasteiger partial charge in [-0.1, -0.05) is 20.1 Å². The Bertz CT molecular complexity index is 205. The van der Waals surface area contributed by atoms with E-state index in [-0.39, 0.29) is 11.3 Å². The number of methoxy groups -OCH3 is 1. The molecule has 1 nitrogen and oxygen atoms in total. The van der Waals surface area contributed by atoms with Crippen LogP contribution in [-0.4, -0.2) is 7.11 Å². The van der Waals surface area contributed by atoms with Gasteiger partial charge < -0.3 is 4.74 Å². The SMILES string of the molecule is C=C(CC)/C(F)=C(/F)C(=C)OC. The molecule has 0 aliphatic heterocycles. The van der Waals surface area contributed by atoms with E-state index in [1.807, 2.05) is 0 Å². The minimum Gasteiger partial charge on any atom is -0.494 e. The van der Waals surface area contributed by atoms with Gasteiger partial charge in [-0.2, -0.15) is 4.39 Å². The molecule has 0 aliphatic carbocycles. The number of ether oxygens (including phenoxy) is 1. The molecule has 0 aromatic heterocycles. The van der Waals surface area contributed by atoms with E-state index in [9.17, 15) is 8.78 Å². The molecule has 0 aromatic rings. The molecule has 0 amide bonds. The van der Waals surface area contributed by atoms with Crippen molar-refractivity contribution in [1.82, 2.24) is 0 Å². The molecule has 0 atom stereocenters. The lowest BCUT2D eigenvalue weighted by Gasteiger charge is -2.03. The molecule has 0 rings (SSSR count). The summed E-state index contributed by atoms with van der Waals surface area (Å²) in [5.74, 6) is -2.38. The summed E-state index contributed by atoms with van der Waals surface area (Å²) in [5, 5.41) is 0. The van der Waals surface area contributed by atoms with Crippen LogP contribution in [0.2, 0.25) is 0 Å². The lowest BCUT2D eigenvalue weighted by Crippen LogP contribution is -1.90. The van der Waals surface area contributed by atoms with Crippen molar-refractivity contribution in [3.8, 4) is 0 Å². The quantitative estimate of drug-likeness (QED) is 0.469. The van der Waals surface area contributed by atoms with E-state index < -0.39 is 11.7 Å². The first-order valence-corrected chi connectivity index (χ1v) is 3.51. The second kappa shape index (κ2) is 4.70. The summed E-state index contributed by atoms with van der Waals surface area (Å²) in [6.07, 6.45) is 0.357. The number of halogens is 2. The fourth-order valence-electron chi connectivity index (χ4n) is 0.522. The maximum absolute atomic E-state index is 12.9. The first kappa shape index (κ1) is 10.9. The summed E-state index contributed by atoms with van der Waals surface area (Å²) in [7, 11) is 1.23. The van der Waals surface area contributed by atoms with Crippen molar-refractivity contribution in [2.45, 2.75) is 13.3 Å². The number of hydrogen-bond donors (Lipinski definition) is 0. The molecule has 0 N–H and O–H groups in total. The van der Waals surface area contributed by atoms with Gasteiger partial charge in [0.1, 0.15) is 5.76 Å². The van der Waals surface area contributed by atoms with Gasteiger partial charge in [-0.05, 0) is 12.0 Å². The molecule has 3 heteroatoms. The van der Waals surface area contributed by atoms with E-state index in [2.05, 4.69) is 17.9 Å². The molecule has 0 fully saturated rings. The third kappa shape index (κ3) is 2.49. The minimum atomic E-state index is -1.08. The minimum absolute atomic E-state index is 0.103. The van der Waals surface area contributed by atoms with E-state index in [4.69, 9.17) is 0 Å². The Balaban J connectivity index is 4.68. The maximum Gasteiger partial charge on any atom is 0.200 e. The predicted molar refractivity (Wildman–Crippen MR) is 44.8 cm³/mol. The lowest BCUT2D eigenvalue weighted by atomic mass is 10.2. The second-order valence-corrected chi connectivity index (χ2v) is 2.21. The molecule has 0 aromatic carbocycles. The zero-order valence-corrected chi connectivity index (χ0v) is 7.29. The van der Waals surface area contributed by atoms with Gasteiger partial charge in [0.25, 0.3) is 0 Å². The van der Waals surface area contributed by atoms with Crippen LogP contribution in [0, 0.1) is 0 Å². The topological polar surface area (TPSA) is 9.23 Å². The molecule has 0 spiro atoms. The molecule has 0 saturated carbocycles. The van der Waals surface area contributed by atoms with Crippen molar-refractivity contribution in [2.24, 2.45) is 0 Å². The average Bonchev–Trinajstić information content (AvgIpc) is 2.12. The molecule has 0 saturated heterocycles. The van der Waals surface area contributed by atoms with Gasteiger partial charge in [0.05, 0.1) is 7.11 Å². The maximum atomic E-state index is 12.9. The highest BCUT2D eigenvalue weighted by Crippen LogP contribution is 2.23. The summed E-state index contributed by atoms with van der Waals surface area (Å²) in [4.78, 5) is 0. The number of rotatable bonds is 4. The molecule has 0 heterocycles. The van der Waals surface area contributed by atoms with E-state index in [0.29, 0.717) is 6.42 Å². The average molecular weight is 174 g/mol. The Hall–Kier alpha value is -1.12. The summed E-state index contributed by atoms with van der Waals surface area (Å²) in [6.45, 7) is 8.20. The smallest absolute Gasteiger partial charge is 0.200 e. The van der Waals surface area contributed by atoms with Crippen LogP contribution in [0.1, 0.15) is 13.3 Å². The largest absolute Gasteiger partial charge is 0.494 e. The van der Waals surface area contributed by atoms with Gasteiger partial charge in [-0.3, -0.25) is 0 Å². The monoisotopic (exact) mass is 174 g/mol. The third-order valence-electron chi connectivity index (χ3n) is 1.42. The summed E-state index contributed by atoms with van der Waals surface area (Å²) in [5.41, 5.74) is 0.103. The third-order valence-corrected chi connectivity index (χ3v) is 1.42. The van der Waals surface area contributed by atoms with E-state index in [1.165, 1.54) is 7.11 Å². The molecule has 0 bridgehead atoms. The van der Waals surface area contributed by atoms with Gasteiger partial charge in [-0.15, -0.1) is 0 Å². The van der Waals surface area contributed by atoms with Gasteiger partial charge >= 0.3 is 0 Å². The van der Waals surface area contributed by atoms with Crippen LogP contribution in [0.25, 0.3) is 0 Å². The molecular weight excluding hydrogens is 162 g/mol. The Morgan fingerprint density at radius 1 is 1.25 bits per heavy atom. The molecule has 68 valence electrons. The molecule has 0 unspecified atom stereocenters. The van der Waals surface area contributed by atoms with Crippen molar-refractivity contribution in [2.75, 3.05) is 7.11 Å². The van der Waals surface area contributed by atoms with Gasteiger partial charge in [0.2, 0.25) is 0 Å².